The molecule has 2 heterocycles. The van der Waals surface area contributed by atoms with Crippen LogP contribution in [-0.2, 0) is 11.2 Å². The number of unbranched alkanes of at least 4 members (excludes halogenated alkanes) is 9. The zero-order valence-electron chi connectivity index (χ0n) is 23.3. The van der Waals surface area contributed by atoms with Crippen LogP contribution in [0.2, 0.25) is 0 Å². The third-order valence-electron chi connectivity index (χ3n) is 8.30. The van der Waals surface area contributed by atoms with Crippen LogP contribution >= 0.6 is 0 Å². The Labute approximate surface area is 226 Å². The van der Waals surface area contributed by atoms with Gasteiger partial charge in [0, 0.05) is 17.3 Å². The van der Waals surface area contributed by atoms with Crippen LogP contribution in [0.15, 0.2) is 36.5 Å². The SMILES string of the molecule is CCCCCCC1OC1COc1nc(-c2ccccc2)ncc1CCCCCCCCCC1CCCC1. The number of hydrogen-bond donors (Lipinski definition) is 0. The minimum absolute atomic E-state index is 0.221. The lowest BCUT2D eigenvalue weighted by Crippen LogP contribution is -2.11. The maximum Gasteiger partial charge on any atom is 0.220 e. The largest absolute Gasteiger partial charge is 0.475 e. The first-order valence-electron chi connectivity index (χ1n) is 15.5. The number of hydrogen-bond acceptors (Lipinski definition) is 4. The predicted octanol–water partition coefficient (Wildman–Crippen LogP) is 9.11. The summed E-state index contributed by atoms with van der Waals surface area (Å²) < 4.78 is 12.2. The Hall–Kier alpha value is -1.94. The summed E-state index contributed by atoms with van der Waals surface area (Å²) >= 11 is 0. The highest BCUT2D eigenvalue weighted by molar-refractivity contribution is 5.55. The standard InChI is InChI=1S/C33H50N2O2/c1-2-3-4-15-24-30-31(37-30)26-36-33-29(25-34-32(35-33)28-21-13-10-14-22-28)23-12-9-7-5-6-8-11-18-27-19-16-17-20-27/h10,13-14,21-22,25,27,30-31H,2-9,11-12,15-20,23-24,26H2,1H3. The topological polar surface area (TPSA) is 47.5 Å². The lowest BCUT2D eigenvalue weighted by molar-refractivity contribution is 0.250. The molecule has 1 saturated heterocycles. The fourth-order valence-electron chi connectivity index (χ4n) is 5.86. The number of epoxide rings is 1. The molecule has 204 valence electrons. The van der Waals surface area contributed by atoms with Gasteiger partial charge in [0.25, 0.3) is 0 Å². The Morgan fingerprint density at radius 1 is 0.811 bits per heavy atom. The van der Waals surface area contributed by atoms with E-state index in [1.165, 1.54) is 103 Å². The summed E-state index contributed by atoms with van der Waals surface area (Å²) in [6, 6.07) is 10.2. The van der Waals surface area contributed by atoms with Crippen molar-refractivity contribution in [2.45, 2.75) is 135 Å². The Kier molecular flexibility index (Phi) is 12.2. The highest BCUT2D eigenvalue weighted by Crippen LogP contribution is 2.31. The lowest BCUT2D eigenvalue weighted by atomic mass is 9.99. The molecule has 4 rings (SSSR count). The van der Waals surface area contributed by atoms with Crippen molar-refractivity contribution in [2.75, 3.05) is 6.61 Å². The van der Waals surface area contributed by atoms with Crippen molar-refractivity contribution in [1.29, 1.82) is 0 Å². The van der Waals surface area contributed by atoms with Crippen LogP contribution in [-0.4, -0.2) is 28.8 Å². The highest BCUT2D eigenvalue weighted by Gasteiger charge is 2.38. The summed E-state index contributed by atoms with van der Waals surface area (Å²) in [4.78, 5) is 9.53. The molecule has 0 bridgehead atoms. The molecule has 0 spiro atoms. The molecule has 1 aromatic heterocycles. The van der Waals surface area contributed by atoms with Gasteiger partial charge in [0.15, 0.2) is 5.82 Å². The molecule has 2 unspecified atom stereocenters. The number of rotatable bonds is 19. The smallest absolute Gasteiger partial charge is 0.220 e. The molecule has 4 nitrogen and oxygen atoms in total. The summed E-state index contributed by atoms with van der Waals surface area (Å²) in [6.07, 6.45) is 26.7. The van der Waals surface area contributed by atoms with Crippen molar-refractivity contribution in [3.63, 3.8) is 0 Å². The van der Waals surface area contributed by atoms with Gasteiger partial charge in [0.05, 0.1) is 6.10 Å². The van der Waals surface area contributed by atoms with Crippen molar-refractivity contribution in [3.8, 4) is 17.3 Å². The minimum Gasteiger partial charge on any atom is -0.475 e. The second-order valence-corrected chi connectivity index (χ2v) is 11.4. The third kappa shape index (κ3) is 10.0. The first kappa shape index (κ1) is 28.1. The summed E-state index contributed by atoms with van der Waals surface area (Å²) in [5.41, 5.74) is 2.17. The van der Waals surface area contributed by atoms with Gasteiger partial charge < -0.3 is 9.47 Å². The van der Waals surface area contributed by atoms with Gasteiger partial charge in [-0.3, -0.25) is 0 Å². The van der Waals surface area contributed by atoms with Gasteiger partial charge in [0.2, 0.25) is 5.88 Å². The van der Waals surface area contributed by atoms with E-state index in [4.69, 9.17) is 14.5 Å². The highest BCUT2D eigenvalue weighted by atomic mass is 16.6. The van der Waals surface area contributed by atoms with E-state index in [-0.39, 0.29) is 6.10 Å². The fourth-order valence-corrected chi connectivity index (χ4v) is 5.86. The maximum atomic E-state index is 6.27. The van der Waals surface area contributed by atoms with Crippen LogP contribution in [0, 0.1) is 5.92 Å². The van der Waals surface area contributed by atoms with Crippen LogP contribution in [0.4, 0.5) is 0 Å². The maximum absolute atomic E-state index is 6.27. The summed E-state index contributed by atoms with van der Waals surface area (Å²) in [6.45, 7) is 2.85. The van der Waals surface area contributed by atoms with Crippen molar-refractivity contribution in [3.05, 3.63) is 42.1 Å². The zero-order valence-corrected chi connectivity index (χ0v) is 23.3. The summed E-state index contributed by atoms with van der Waals surface area (Å²) in [7, 11) is 0. The molecule has 1 aliphatic heterocycles. The van der Waals surface area contributed by atoms with Crippen molar-refractivity contribution < 1.29 is 9.47 Å². The number of aryl methyl sites for hydroxylation is 1. The molecule has 1 aliphatic carbocycles. The predicted molar refractivity (Wildman–Crippen MR) is 153 cm³/mol. The van der Waals surface area contributed by atoms with Crippen molar-refractivity contribution in [2.24, 2.45) is 5.92 Å². The fraction of sp³-hybridized carbons (Fsp3) is 0.697. The minimum atomic E-state index is 0.221. The van der Waals surface area contributed by atoms with E-state index in [1.54, 1.807) is 0 Å². The van der Waals surface area contributed by atoms with Crippen molar-refractivity contribution >= 4 is 0 Å². The molecule has 2 aliphatic rings. The number of ether oxygens (including phenoxy) is 2. The van der Waals surface area contributed by atoms with Crippen molar-refractivity contribution in [1.82, 2.24) is 9.97 Å². The second-order valence-electron chi connectivity index (χ2n) is 11.4. The van der Waals surface area contributed by atoms with Crippen LogP contribution < -0.4 is 4.74 Å². The van der Waals surface area contributed by atoms with Gasteiger partial charge in [-0.1, -0.05) is 134 Å². The number of nitrogens with zero attached hydrogens (tertiary/aromatic N) is 2. The van der Waals surface area contributed by atoms with E-state index in [0.717, 1.165) is 41.6 Å². The van der Waals surface area contributed by atoms with Gasteiger partial charge in [-0.15, -0.1) is 0 Å². The van der Waals surface area contributed by atoms with Gasteiger partial charge in [0.1, 0.15) is 12.7 Å². The average molecular weight is 507 g/mol. The monoisotopic (exact) mass is 506 g/mol. The van der Waals surface area contributed by atoms with Gasteiger partial charge in [-0.2, -0.15) is 4.98 Å². The quantitative estimate of drug-likeness (QED) is 0.141. The average Bonchev–Trinajstić information content (AvgIpc) is 3.47. The van der Waals surface area contributed by atoms with Gasteiger partial charge in [-0.25, -0.2) is 4.98 Å². The van der Waals surface area contributed by atoms with E-state index in [2.05, 4.69) is 24.0 Å². The molecule has 1 saturated carbocycles. The molecule has 0 N–H and O–H groups in total. The Bertz CT molecular complexity index is 881. The van der Waals surface area contributed by atoms with Gasteiger partial charge in [-0.05, 0) is 25.2 Å². The van der Waals surface area contributed by atoms with E-state index in [9.17, 15) is 0 Å². The third-order valence-corrected chi connectivity index (χ3v) is 8.30. The van der Waals surface area contributed by atoms with E-state index in [1.807, 2.05) is 24.4 Å². The molecular formula is C33H50N2O2. The summed E-state index contributed by atoms with van der Waals surface area (Å²) in [5, 5.41) is 0. The normalized spacial score (nSPS) is 19.4. The summed E-state index contributed by atoms with van der Waals surface area (Å²) in [5.74, 6) is 2.54. The Balaban J connectivity index is 1.18. The molecule has 37 heavy (non-hydrogen) atoms. The Morgan fingerprint density at radius 2 is 1.51 bits per heavy atom. The van der Waals surface area contributed by atoms with Crippen LogP contribution in [0.5, 0.6) is 5.88 Å². The van der Waals surface area contributed by atoms with Crippen LogP contribution in [0.25, 0.3) is 11.4 Å². The lowest BCUT2D eigenvalue weighted by Gasteiger charge is -2.11. The first-order chi connectivity index (χ1) is 18.3. The molecular weight excluding hydrogens is 456 g/mol. The molecule has 0 radical (unpaired) electrons. The molecule has 2 aromatic rings. The Morgan fingerprint density at radius 3 is 2.30 bits per heavy atom. The number of aromatic nitrogens is 2. The molecule has 0 amide bonds. The molecule has 4 heteroatoms. The van der Waals surface area contributed by atoms with E-state index >= 15 is 0 Å². The van der Waals surface area contributed by atoms with E-state index < -0.39 is 0 Å². The second kappa shape index (κ2) is 16.1. The van der Waals surface area contributed by atoms with Gasteiger partial charge >= 0.3 is 0 Å². The molecule has 1 aromatic carbocycles. The van der Waals surface area contributed by atoms with Crippen LogP contribution in [0.3, 0.4) is 0 Å². The van der Waals surface area contributed by atoms with E-state index in [0.29, 0.717) is 12.7 Å². The number of benzene rings is 1. The van der Waals surface area contributed by atoms with Crippen LogP contribution in [0.1, 0.15) is 122 Å². The molecule has 2 atom stereocenters. The zero-order chi connectivity index (χ0) is 25.5. The first-order valence-corrected chi connectivity index (χ1v) is 15.5. The molecule has 2 fully saturated rings.